The molecule has 16 heavy (non-hydrogen) atoms. The molecule has 1 aliphatic rings. The molecule has 0 aliphatic carbocycles. The van der Waals surface area contributed by atoms with Crippen molar-refractivity contribution >= 4 is 12.6 Å². The lowest BCUT2D eigenvalue weighted by Crippen LogP contribution is -2.36. The van der Waals surface area contributed by atoms with Gasteiger partial charge in [-0.2, -0.15) is 0 Å². The lowest BCUT2D eigenvalue weighted by atomic mass is 9.78. The van der Waals surface area contributed by atoms with Gasteiger partial charge in [-0.1, -0.05) is 23.8 Å². The molecule has 0 spiro atoms. The highest BCUT2D eigenvalue weighted by Gasteiger charge is 2.18. The fraction of sp³-hybridized carbons (Fsp3) is 0.455. The molecule has 0 bridgehead atoms. The quantitative estimate of drug-likeness (QED) is 0.580. The number of hydrogen-bond donors (Lipinski definition) is 3. The number of rotatable bonds is 2. The van der Waals surface area contributed by atoms with Crippen LogP contribution in [0.25, 0.3) is 0 Å². The van der Waals surface area contributed by atoms with Crippen LogP contribution in [0.3, 0.4) is 0 Å². The van der Waals surface area contributed by atoms with Gasteiger partial charge in [0, 0.05) is 6.54 Å². The van der Waals surface area contributed by atoms with Gasteiger partial charge in [-0.3, -0.25) is 0 Å². The van der Waals surface area contributed by atoms with Crippen molar-refractivity contribution in [1.29, 1.82) is 0 Å². The van der Waals surface area contributed by atoms with E-state index >= 15 is 0 Å². The number of hydrogen-bond acceptors (Lipinski definition) is 4. The molecular weight excluding hydrogens is 205 g/mol. The minimum atomic E-state index is -1.41. The molecule has 0 saturated carbocycles. The van der Waals surface area contributed by atoms with Crippen molar-refractivity contribution in [3.8, 4) is 0 Å². The van der Waals surface area contributed by atoms with Crippen LogP contribution in [0.15, 0.2) is 18.2 Å². The minimum Gasteiger partial charge on any atom is -0.423 e. The summed E-state index contributed by atoms with van der Waals surface area (Å²) in [5.74, 6) is 0. The number of ether oxygens (including phenoxy) is 1. The molecule has 3 N–H and O–H groups in total. The van der Waals surface area contributed by atoms with Crippen molar-refractivity contribution in [1.82, 2.24) is 5.32 Å². The highest BCUT2D eigenvalue weighted by molar-refractivity contribution is 6.58. The second-order valence-electron chi connectivity index (χ2n) is 4.13. The topological polar surface area (TPSA) is 61.7 Å². The third-order valence-electron chi connectivity index (χ3n) is 2.74. The summed E-state index contributed by atoms with van der Waals surface area (Å²) in [6, 6.07) is 5.77. The van der Waals surface area contributed by atoms with Crippen LogP contribution in [-0.4, -0.2) is 36.9 Å². The van der Waals surface area contributed by atoms with E-state index < -0.39 is 7.12 Å². The lowest BCUT2D eigenvalue weighted by molar-refractivity contribution is 0.0769. The first-order valence-corrected chi connectivity index (χ1v) is 5.45. The Labute approximate surface area is 95.4 Å². The number of nitrogens with one attached hydrogen (secondary N) is 1. The molecule has 0 aromatic heterocycles. The molecule has 1 atom stereocenters. The Hall–Kier alpha value is -0.875. The maximum Gasteiger partial charge on any atom is 0.488 e. The van der Waals surface area contributed by atoms with Gasteiger partial charge in [0.25, 0.3) is 0 Å². The number of benzene rings is 1. The summed E-state index contributed by atoms with van der Waals surface area (Å²) in [4.78, 5) is 0. The highest BCUT2D eigenvalue weighted by Crippen LogP contribution is 2.16. The maximum atomic E-state index is 9.17. The molecule has 86 valence electrons. The van der Waals surface area contributed by atoms with Crippen LogP contribution < -0.4 is 10.8 Å². The van der Waals surface area contributed by atoms with E-state index in [-0.39, 0.29) is 6.04 Å². The van der Waals surface area contributed by atoms with E-state index in [0.29, 0.717) is 12.1 Å². The second-order valence-corrected chi connectivity index (χ2v) is 4.13. The van der Waals surface area contributed by atoms with Gasteiger partial charge in [-0.15, -0.1) is 0 Å². The molecule has 2 rings (SSSR count). The van der Waals surface area contributed by atoms with Gasteiger partial charge >= 0.3 is 7.12 Å². The van der Waals surface area contributed by atoms with Crippen LogP contribution in [0, 0.1) is 6.92 Å². The van der Waals surface area contributed by atoms with Crippen molar-refractivity contribution in [2.24, 2.45) is 0 Å². The number of aryl methyl sites for hydroxylation is 1. The summed E-state index contributed by atoms with van der Waals surface area (Å²) in [6.45, 7) is 4.14. The fourth-order valence-electron chi connectivity index (χ4n) is 1.97. The molecule has 1 aromatic carbocycles. The van der Waals surface area contributed by atoms with Gasteiger partial charge in [0.2, 0.25) is 0 Å². The minimum absolute atomic E-state index is 0.145. The Bertz CT molecular complexity index is 364. The first-order valence-electron chi connectivity index (χ1n) is 5.45. The van der Waals surface area contributed by atoms with E-state index in [4.69, 9.17) is 4.74 Å². The standard InChI is InChI=1S/C11H16BNO3/c1-8-4-9(6-10(5-8)12(14)15)11-7-16-3-2-13-11/h4-6,11,13-15H,2-3,7H2,1H3. The normalized spacial score (nSPS) is 20.8. The Morgan fingerprint density at radius 2 is 2.19 bits per heavy atom. The maximum absolute atomic E-state index is 9.17. The molecule has 1 aromatic rings. The third-order valence-corrected chi connectivity index (χ3v) is 2.74. The van der Waals surface area contributed by atoms with Crippen LogP contribution in [0.5, 0.6) is 0 Å². The van der Waals surface area contributed by atoms with Crippen LogP contribution in [0.1, 0.15) is 17.2 Å². The van der Waals surface area contributed by atoms with E-state index in [2.05, 4.69) is 5.32 Å². The molecule has 5 heteroatoms. The predicted octanol–water partition coefficient (Wildman–Crippen LogP) is -0.664. The predicted molar refractivity (Wildman–Crippen MR) is 62.6 cm³/mol. The molecule has 4 nitrogen and oxygen atoms in total. The summed E-state index contributed by atoms with van der Waals surface area (Å²) in [7, 11) is -1.41. The zero-order valence-corrected chi connectivity index (χ0v) is 9.31. The van der Waals surface area contributed by atoms with Gasteiger partial charge in [-0.05, 0) is 17.9 Å². The van der Waals surface area contributed by atoms with Crippen LogP contribution in [0.2, 0.25) is 0 Å². The molecular formula is C11H16BNO3. The summed E-state index contributed by atoms with van der Waals surface area (Å²) < 4.78 is 5.39. The highest BCUT2D eigenvalue weighted by atomic mass is 16.5. The van der Waals surface area contributed by atoms with Gasteiger partial charge < -0.3 is 20.1 Å². The molecule has 0 radical (unpaired) electrons. The summed E-state index contributed by atoms with van der Waals surface area (Å²) in [5.41, 5.74) is 2.60. The van der Waals surface area contributed by atoms with Crippen molar-refractivity contribution in [3.63, 3.8) is 0 Å². The van der Waals surface area contributed by atoms with E-state index in [1.165, 1.54) is 0 Å². The van der Waals surface area contributed by atoms with Crippen molar-refractivity contribution in [3.05, 3.63) is 29.3 Å². The van der Waals surface area contributed by atoms with E-state index in [0.717, 1.165) is 24.3 Å². The second kappa shape index (κ2) is 4.97. The monoisotopic (exact) mass is 221 g/mol. The summed E-state index contributed by atoms with van der Waals surface area (Å²) >= 11 is 0. The Balaban J connectivity index is 2.25. The van der Waals surface area contributed by atoms with Crippen LogP contribution >= 0.6 is 0 Å². The van der Waals surface area contributed by atoms with Gasteiger partial charge in [0.15, 0.2) is 0 Å². The van der Waals surface area contributed by atoms with E-state index in [1.54, 1.807) is 6.07 Å². The SMILES string of the molecule is Cc1cc(B(O)O)cc(C2COCCN2)c1. The van der Waals surface area contributed by atoms with Crippen LogP contribution in [0.4, 0.5) is 0 Å². The number of morpholine rings is 1. The molecule has 1 saturated heterocycles. The fourth-order valence-corrected chi connectivity index (χ4v) is 1.97. The van der Waals surface area contributed by atoms with E-state index in [9.17, 15) is 10.0 Å². The zero-order chi connectivity index (χ0) is 11.5. The average molecular weight is 221 g/mol. The first-order chi connectivity index (χ1) is 7.66. The molecule has 0 amide bonds. The Morgan fingerprint density at radius 1 is 1.38 bits per heavy atom. The summed E-state index contributed by atoms with van der Waals surface area (Å²) in [5, 5.41) is 21.7. The molecule has 1 aliphatic heterocycles. The Kier molecular flexibility index (Phi) is 3.61. The zero-order valence-electron chi connectivity index (χ0n) is 9.31. The molecule has 1 unspecified atom stereocenters. The first kappa shape index (κ1) is 11.6. The largest absolute Gasteiger partial charge is 0.488 e. The van der Waals surface area contributed by atoms with Crippen LogP contribution in [-0.2, 0) is 4.74 Å². The summed E-state index contributed by atoms with van der Waals surface area (Å²) in [6.07, 6.45) is 0. The lowest BCUT2D eigenvalue weighted by Gasteiger charge is -2.25. The molecule has 1 fully saturated rings. The van der Waals surface area contributed by atoms with Gasteiger partial charge in [0.1, 0.15) is 0 Å². The Morgan fingerprint density at radius 3 is 2.81 bits per heavy atom. The van der Waals surface area contributed by atoms with Crippen molar-refractivity contribution < 1.29 is 14.8 Å². The van der Waals surface area contributed by atoms with E-state index in [1.807, 2.05) is 19.1 Å². The third kappa shape index (κ3) is 2.62. The van der Waals surface area contributed by atoms with Gasteiger partial charge in [-0.25, -0.2) is 0 Å². The van der Waals surface area contributed by atoms with Crippen molar-refractivity contribution in [2.45, 2.75) is 13.0 Å². The van der Waals surface area contributed by atoms with Crippen molar-refractivity contribution in [2.75, 3.05) is 19.8 Å². The smallest absolute Gasteiger partial charge is 0.423 e. The molecule has 1 heterocycles. The van der Waals surface area contributed by atoms with Gasteiger partial charge in [0.05, 0.1) is 19.3 Å². The average Bonchev–Trinajstić information content (AvgIpc) is 2.29.